The number of halogens is 3. The van der Waals surface area contributed by atoms with E-state index in [9.17, 15) is 9.18 Å². The highest BCUT2D eigenvalue weighted by molar-refractivity contribution is 9.10. The highest BCUT2D eigenvalue weighted by Crippen LogP contribution is 2.20. The Morgan fingerprint density at radius 3 is 2.87 bits per heavy atom. The molecule has 1 amide bonds. The molecule has 1 rings (SSSR count). The van der Waals surface area contributed by atoms with Crippen LogP contribution in [0, 0.1) is 5.82 Å². The Kier molecular flexibility index (Phi) is 4.54. The number of alkyl halides is 1. The molecule has 1 atom stereocenters. The average molecular weight is 295 g/mol. The summed E-state index contributed by atoms with van der Waals surface area (Å²) in [5.41, 5.74) is 0.490. The second-order valence-corrected chi connectivity index (χ2v) is 4.51. The van der Waals surface area contributed by atoms with Crippen molar-refractivity contribution in [2.24, 2.45) is 0 Å². The molecular weight excluding hydrogens is 284 g/mol. The van der Waals surface area contributed by atoms with E-state index in [0.717, 1.165) is 0 Å². The van der Waals surface area contributed by atoms with Crippen molar-refractivity contribution < 1.29 is 9.18 Å². The van der Waals surface area contributed by atoms with Gasteiger partial charge >= 0.3 is 0 Å². The molecule has 0 heterocycles. The monoisotopic (exact) mass is 293 g/mol. The number of nitrogens with one attached hydrogen (secondary N) is 1. The fourth-order valence-corrected chi connectivity index (χ4v) is 1.27. The van der Waals surface area contributed by atoms with Gasteiger partial charge < -0.3 is 5.32 Å². The molecule has 0 aliphatic rings. The zero-order valence-corrected chi connectivity index (χ0v) is 10.4. The Labute approximate surface area is 101 Å². The molecule has 1 aromatic rings. The Morgan fingerprint density at radius 1 is 1.67 bits per heavy atom. The molecular formula is C10H10BrClFNO. The molecule has 0 fully saturated rings. The maximum Gasteiger partial charge on any atom is 0.238 e. The fourth-order valence-electron chi connectivity index (χ4n) is 0.980. The summed E-state index contributed by atoms with van der Waals surface area (Å²) in [5.74, 6) is -0.666. The van der Waals surface area contributed by atoms with Crippen molar-refractivity contribution in [1.82, 2.24) is 0 Å². The molecule has 0 unspecified atom stereocenters. The maximum absolute atomic E-state index is 12.8. The van der Waals surface area contributed by atoms with Gasteiger partial charge in [0.1, 0.15) is 5.82 Å². The molecule has 0 aliphatic heterocycles. The van der Waals surface area contributed by atoms with Crippen LogP contribution in [0.5, 0.6) is 0 Å². The molecule has 2 nitrogen and oxygen atoms in total. The van der Waals surface area contributed by atoms with Gasteiger partial charge in [-0.15, -0.1) is 0 Å². The third kappa shape index (κ3) is 3.47. The number of amides is 1. The molecule has 15 heavy (non-hydrogen) atoms. The van der Waals surface area contributed by atoms with Gasteiger partial charge in [0.2, 0.25) is 5.91 Å². The topological polar surface area (TPSA) is 29.1 Å². The van der Waals surface area contributed by atoms with E-state index in [1.165, 1.54) is 18.2 Å². The van der Waals surface area contributed by atoms with Gasteiger partial charge in [0.15, 0.2) is 0 Å². The van der Waals surface area contributed by atoms with Gasteiger partial charge in [-0.05, 0) is 24.6 Å². The van der Waals surface area contributed by atoms with Gasteiger partial charge in [-0.1, -0.05) is 34.5 Å². The summed E-state index contributed by atoms with van der Waals surface area (Å²) in [6.45, 7) is 1.89. The van der Waals surface area contributed by atoms with Crippen LogP contribution in [0.3, 0.4) is 0 Å². The number of carbonyl (C=O) groups is 1. The summed E-state index contributed by atoms with van der Waals surface area (Å²) in [4.78, 5) is 11.2. The third-order valence-corrected chi connectivity index (χ3v) is 3.18. The van der Waals surface area contributed by atoms with E-state index in [2.05, 4.69) is 21.2 Å². The van der Waals surface area contributed by atoms with E-state index in [-0.39, 0.29) is 15.8 Å². The van der Waals surface area contributed by atoms with Gasteiger partial charge in [0.25, 0.3) is 0 Å². The van der Waals surface area contributed by atoms with Crippen molar-refractivity contribution in [3.8, 4) is 0 Å². The zero-order chi connectivity index (χ0) is 11.4. The van der Waals surface area contributed by atoms with Crippen molar-refractivity contribution in [2.45, 2.75) is 18.2 Å². The molecule has 0 saturated heterocycles. The van der Waals surface area contributed by atoms with E-state index in [0.29, 0.717) is 12.1 Å². The molecule has 0 aliphatic carbocycles. The lowest BCUT2D eigenvalue weighted by atomic mass is 10.2. The first-order chi connectivity index (χ1) is 7.04. The first-order valence-corrected chi connectivity index (χ1v) is 5.74. The number of carbonyl (C=O) groups excluding carboxylic acids is 1. The predicted octanol–water partition coefficient (Wildman–Crippen LogP) is 3.59. The van der Waals surface area contributed by atoms with Gasteiger partial charge in [0, 0.05) is 5.69 Å². The van der Waals surface area contributed by atoms with Crippen molar-refractivity contribution in [2.75, 3.05) is 5.32 Å². The minimum absolute atomic E-state index is 0.00424. The smallest absolute Gasteiger partial charge is 0.238 e. The maximum atomic E-state index is 12.8. The standard InChI is InChI=1S/C10H10BrClFNO/c1-2-7(11)10(15)14-6-3-4-9(13)8(12)5-6/h3-5,7H,2H2,1H3,(H,14,15)/t7-/m1/s1. The van der Waals surface area contributed by atoms with Crippen LogP contribution in [-0.4, -0.2) is 10.7 Å². The molecule has 0 aromatic heterocycles. The Balaban J connectivity index is 2.73. The third-order valence-electron chi connectivity index (χ3n) is 1.83. The Morgan fingerprint density at radius 2 is 2.33 bits per heavy atom. The first kappa shape index (κ1) is 12.5. The van der Waals surface area contributed by atoms with E-state index in [4.69, 9.17) is 11.6 Å². The predicted molar refractivity (Wildman–Crippen MR) is 63.0 cm³/mol. The molecule has 0 radical (unpaired) electrons. The van der Waals surface area contributed by atoms with E-state index >= 15 is 0 Å². The summed E-state index contributed by atoms with van der Waals surface area (Å²) in [5, 5.41) is 2.62. The van der Waals surface area contributed by atoms with Gasteiger partial charge in [-0.25, -0.2) is 4.39 Å². The normalized spacial score (nSPS) is 12.3. The lowest BCUT2D eigenvalue weighted by molar-refractivity contribution is -0.115. The van der Waals surface area contributed by atoms with Gasteiger partial charge in [-0.2, -0.15) is 0 Å². The summed E-state index contributed by atoms with van der Waals surface area (Å²) >= 11 is 8.79. The van der Waals surface area contributed by atoms with Crippen molar-refractivity contribution >= 4 is 39.1 Å². The quantitative estimate of drug-likeness (QED) is 0.848. The minimum atomic E-state index is -0.499. The van der Waals surface area contributed by atoms with Gasteiger partial charge in [0.05, 0.1) is 9.85 Å². The van der Waals surface area contributed by atoms with Crippen LogP contribution in [0.25, 0.3) is 0 Å². The highest BCUT2D eigenvalue weighted by Gasteiger charge is 2.12. The summed E-state index contributed by atoms with van der Waals surface area (Å²) in [6.07, 6.45) is 0.681. The second kappa shape index (κ2) is 5.47. The first-order valence-electron chi connectivity index (χ1n) is 4.44. The van der Waals surface area contributed by atoms with Crippen LogP contribution in [0.2, 0.25) is 5.02 Å². The number of benzene rings is 1. The summed E-state index contributed by atoms with van der Waals surface area (Å²) < 4.78 is 12.8. The van der Waals surface area contributed by atoms with Crippen molar-refractivity contribution in [3.05, 3.63) is 29.0 Å². The van der Waals surface area contributed by atoms with Crippen LogP contribution in [-0.2, 0) is 4.79 Å². The largest absolute Gasteiger partial charge is 0.325 e. The highest BCUT2D eigenvalue weighted by atomic mass is 79.9. The van der Waals surface area contributed by atoms with Crippen LogP contribution in [0.1, 0.15) is 13.3 Å². The van der Waals surface area contributed by atoms with Crippen LogP contribution >= 0.6 is 27.5 Å². The van der Waals surface area contributed by atoms with Crippen LogP contribution < -0.4 is 5.32 Å². The lowest BCUT2D eigenvalue weighted by Crippen LogP contribution is -2.21. The Bertz CT molecular complexity index is 372. The van der Waals surface area contributed by atoms with E-state index in [1.54, 1.807) is 0 Å². The van der Waals surface area contributed by atoms with Gasteiger partial charge in [-0.3, -0.25) is 4.79 Å². The number of anilines is 1. The van der Waals surface area contributed by atoms with E-state index in [1.807, 2.05) is 6.92 Å². The SMILES string of the molecule is CC[C@@H](Br)C(=O)Nc1ccc(F)c(Cl)c1. The van der Waals surface area contributed by atoms with Crippen LogP contribution in [0.15, 0.2) is 18.2 Å². The molecule has 0 saturated carbocycles. The zero-order valence-electron chi connectivity index (χ0n) is 8.06. The average Bonchev–Trinajstić information content (AvgIpc) is 2.22. The minimum Gasteiger partial charge on any atom is -0.325 e. The Hall–Kier alpha value is -0.610. The molecule has 0 spiro atoms. The number of hydrogen-bond acceptors (Lipinski definition) is 1. The van der Waals surface area contributed by atoms with E-state index < -0.39 is 5.82 Å². The lowest BCUT2D eigenvalue weighted by Gasteiger charge is -2.08. The van der Waals surface area contributed by atoms with Crippen molar-refractivity contribution in [1.29, 1.82) is 0 Å². The number of rotatable bonds is 3. The molecule has 82 valence electrons. The fraction of sp³-hybridized carbons (Fsp3) is 0.300. The molecule has 5 heteroatoms. The summed E-state index contributed by atoms with van der Waals surface area (Å²) in [7, 11) is 0. The second-order valence-electron chi connectivity index (χ2n) is 2.99. The number of hydrogen-bond donors (Lipinski definition) is 1. The molecule has 0 bridgehead atoms. The van der Waals surface area contributed by atoms with Crippen molar-refractivity contribution in [3.63, 3.8) is 0 Å². The molecule has 1 N–H and O–H groups in total. The van der Waals surface area contributed by atoms with Crippen LogP contribution in [0.4, 0.5) is 10.1 Å². The molecule has 1 aromatic carbocycles. The summed E-state index contributed by atoms with van der Waals surface area (Å²) in [6, 6.07) is 4.06.